The zero-order valence-corrected chi connectivity index (χ0v) is 15.7. The summed E-state index contributed by atoms with van der Waals surface area (Å²) in [5.74, 6) is 0.0955. The molecule has 3 aromatic rings. The van der Waals surface area contributed by atoms with Crippen LogP contribution in [-0.4, -0.2) is 48.2 Å². The second-order valence-corrected chi connectivity index (χ2v) is 6.99. The molecular weight excluding hydrogens is 385 g/mol. The van der Waals surface area contributed by atoms with Crippen molar-refractivity contribution in [2.24, 2.45) is 0 Å². The highest BCUT2D eigenvalue weighted by molar-refractivity contribution is 5.95. The highest BCUT2D eigenvalue weighted by Crippen LogP contribution is 2.29. The third kappa shape index (κ3) is 3.74. The molecule has 0 radical (unpaired) electrons. The molecule has 152 valence electrons. The van der Waals surface area contributed by atoms with Gasteiger partial charge in [0.1, 0.15) is 0 Å². The molecule has 0 bridgehead atoms. The number of rotatable bonds is 3. The lowest BCUT2D eigenvalue weighted by atomic mass is 10.0. The number of aromatic nitrogens is 5. The Morgan fingerprint density at radius 3 is 2.52 bits per heavy atom. The summed E-state index contributed by atoms with van der Waals surface area (Å²) in [5, 5.41) is 4.16. The Hall–Kier alpha value is -3.17. The highest BCUT2D eigenvalue weighted by Gasteiger charge is 2.31. The van der Waals surface area contributed by atoms with Gasteiger partial charge in [-0.3, -0.25) is 4.79 Å². The Morgan fingerprint density at radius 2 is 1.93 bits per heavy atom. The van der Waals surface area contributed by atoms with Crippen LogP contribution in [0.4, 0.5) is 13.2 Å². The number of imidazole rings is 1. The van der Waals surface area contributed by atoms with Crippen molar-refractivity contribution in [2.75, 3.05) is 13.1 Å². The third-order valence-electron chi connectivity index (χ3n) is 5.23. The molecular formula is C19H19F3N6O. The lowest BCUT2D eigenvalue weighted by molar-refractivity contribution is -0.137. The number of amides is 1. The predicted octanol–water partition coefficient (Wildman–Crippen LogP) is 3.27. The number of piperidine rings is 1. The van der Waals surface area contributed by atoms with Gasteiger partial charge in [-0.15, -0.1) is 0 Å². The van der Waals surface area contributed by atoms with Crippen LogP contribution in [0.2, 0.25) is 0 Å². The van der Waals surface area contributed by atoms with Gasteiger partial charge in [0, 0.05) is 37.7 Å². The SMILES string of the molecule is Cc1c(C(=O)N2CCC(n3ccnc3)CC2)cnn1-c1ccc(C(F)(F)F)cn1. The predicted molar refractivity (Wildman–Crippen MR) is 97.5 cm³/mol. The lowest BCUT2D eigenvalue weighted by Crippen LogP contribution is -2.39. The van der Waals surface area contributed by atoms with Gasteiger partial charge in [0.25, 0.3) is 5.91 Å². The van der Waals surface area contributed by atoms with Crippen LogP contribution in [0.25, 0.3) is 5.82 Å². The number of likely N-dealkylation sites (tertiary alicyclic amines) is 1. The second-order valence-electron chi connectivity index (χ2n) is 6.99. The first-order valence-corrected chi connectivity index (χ1v) is 9.19. The number of pyridine rings is 1. The summed E-state index contributed by atoms with van der Waals surface area (Å²) in [6.07, 6.45) is 4.86. The van der Waals surface area contributed by atoms with Gasteiger partial charge in [-0.05, 0) is 31.9 Å². The van der Waals surface area contributed by atoms with E-state index in [0.29, 0.717) is 30.4 Å². The van der Waals surface area contributed by atoms with E-state index >= 15 is 0 Å². The molecule has 0 aliphatic carbocycles. The molecule has 0 spiro atoms. The van der Waals surface area contributed by atoms with E-state index in [1.807, 2.05) is 6.20 Å². The van der Waals surface area contributed by atoms with Crippen LogP contribution in [0.1, 0.15) is 40.5 Å². The monoisotopic (exact) mass is 404 g/mol. The molecule has 0 atom stereocenters. The maximum Gasteiger partial charge on any atom is 0.417 e. The topological polar surface area (TPSA) is 68.8 Å². The molecule has 0 unspecified atom stereocenters. The molecule has 4 rings (SSSR count). The number of nitrogens with zero attached hydrogens (tertiary/aromatic N) is 6. The summed E-state index contributed by atoms with van der Waals surface area (Å²) >= 11 is 0. The molecule has 1 fully saturated rings. The van der Waals surface area contributed by atoms with Crippen LogP contribution < -0.4 is 0 Å². The van der Waals surface area contributed by atoms with Gasteiger partial charge in [0.05, 0.1) is 29.3 Å². The molecule has 1 amide bonds. The summed E-state index contributed by atoms with van der Waals surface area (Å²) in [6.45, 7) is 2.94. The van der Waals surface area contributed by atoms with E-state index in [-0.39, 0.29) is 11.7 Å². The number of hydrogen-bond acceptors (Lipinski definition) is 4. The van der Waals surface area contributed by atoms with E-state index in [2.05, 4.69) is 19.6 Å². The summed E-state index contributed by atoms with van der Waals surface area (Å²) in [7, 11) is 0. The van der Waals surface area contributed by atoms with E-state index in [1.165, 1.54) is 16.9 Å². The minimum Gasteiger partial charge on any atom is -0.338 e. The van der Waals surface area contributed by atoms with E-state index in [1.54, 1.807) is 24.3 Å². The van der Waals surface area contributed by atoms with Gasteiger partial charge in [-0.2, -0.15) is 18.3 Å². The van der Waals surface area contributed by atoms with Crippen LogP contribution in [0.3, 0.4) is 0 Å². The van der Waals surface area contributed by atoms with Gasteiger partial charge in [-0.1, -0.05) is 0 Å². The number of hydrogen-bond donors (Lipinski definition) is 0. The Kier molecular flexibility index (Phi) is 4.85. The third-order valence-corrected chi connectivity index (χ3v) is 5.23. The van der Waals surface area contributed by atoms with E-state index < -0.39 is 11.7 Å². The second kappa shape index (κ2) is 7.34. The van der Waals surface area contributed by atoms with Crippen molar-refractivity contribution in [1.29, 1.82) is 0 Å². The van der Waals surface area contributed by atoms with Crippen molar-refractivity contribution < 1.29 is 18.0 Å². The quantitative estimate of drug-likeness (QED) is 0.672. The highest BCUT2D eigenvalue weighted by atomic mass is 19.4. The van der Waals surface area contributed by atoms with Crippen molar-refractivity contribution in [1.82, 2.24) is 29.2 Å². The van der Waals surface area contributed by atoms with Crippen molar-refractivity contribution >= 4 is 5.91 Å². The zero-order chi connectivity index (χ0) is 20.6. The van der Waals surface area contributed by atoms with Crippen molar-refractivity contribution in [3.63, 3.8) is 0 Å². The van der Waals surface area contributed by atoms with Crippen LogP contribution in [0.15, 0.2) is 43.2 Å². The first kappa shape index (κ1) is 19.2. The Bertz CT molecular complexity index is 986. The Balaban J connectivity index is 1.48. The molecule has 3 aromatic heterocycles. The summed E-state index contributed by atoms with van der Waals surface area (Å²) in [6, 6.07) is 2.52. The molecule has 0 aromatic carbocycles. The fourth-order valence-corrected chi connectivity index (χ4v) is 3.55. The van der Waals surface area contributed by atoms with E-state index in [4.69, 9.17) is 0 Å². The summed E-state index contributed by atoms with van der Waals surface area (Å²) in [4.78, 5) is 22.6. The van der Waals surface area contributed by atoms with Gasteiger partial charge in [0.15, 0.2) is 5.82 Å². The first-order chi connectivity index (χ1) is 13.8. The summed E-state index contributed by atoms with van der Waals surface area (Å²) in [5.41, 5.74) is 0.134. The maximum atomic E-state index is 12.9. The summed E-state index contributed by atoms with van der Waals surface area (Å²) < 4.78 is 41.6. The van der Waals surface area contributed by atoms with Gasteiger partial charge < -0.3 is 9.47 Å². The van der Waals surface area contributed by atoms with E-state index in [9.17, 15) is 18.0 Å². The molecule has 1 aliphatic rings. The molecule has 0 N–H and O–H groups in total. The first-order valence-electron chi connectivity index (χ1n) is 9.19. The fraction of sp³-hybridized carbons (Fsp3) is 0.368. The number of halogens is 3. The standard InChI is InChI=1S/C19H19F3N6O/c1-13-16(11-25-28(13)17-3-2-14(10-24-17)19(20,21)22)18(29)26-7-4-15(5-8-26)27-9-6-23-12-27/h2-3,6,9-12,15H,4-5,7-8H2,1H3. The van der Waals surface area contributed by atoms with Gasteiger partial charge >= 0.3 is 6.18 Å². The van der Waals surface area contributed by atoms with Gasteiger partial charge in [-0.25, -0.2) is 14.6 Å². The average molecular weight is 404 g/mol. The molecule has 29 heavy (non-hydrogen) atoms. The molecule has 10 heteroatoms. The fourth-order valence-electron chi connectivity index (χ4n) is 3.55. The number of carbonyl (C=O) groups excluding carboxylic acids is 1. The smallest absolute Gasteiger partial charge is 0.338 e. The largest absolute Gasteiger partial charge is 0.417 e. The normalized spacial score (nSPS) is 15.7. The Labute approximate surface area is 164 Å². The van der Waals surface area contributed by atoms with Crippen LogP contribution in [-0.2, 0) is 6.18 Å². The number of carbonyl (C=O) groups is 1. The maximum absolute atomic E-state index is 12.9. The van der Waals surface area contributed by atoms with Crippen molar-refractivity contribution in [2.45, 2.75) is 32.0 Å². The molecule has 0 saturated carbocycles. The van der Waals surface area contributed by atoms with Crippen molar-refractivity contribution in [3.8, 4) is 5.82 Å². The average Bonchev–Trinajstić information content (AvgIpc) is 3.37. The van der Waals surface area contributed by atoms with Crippen LogP contribution in [0, 0.1) is 6.92 Å². The number of alkyl halides is 3. The van der Waals surface area contributed by atoms with E-state index in [0.717, 1.165) is 25.1 Å². The van der Waals surface area contributed by atoms with Gasteiger partial charge in [0.2, 0.25) is 0 Å². The lowest BCUT2D eigenvalue weighted by Gasteiger charge is -2.32. The Morgan fingerprint density at radius 1 is 1.17 bits per heavy atom. The molecule has 1 aliphatic heterocycles. The minimum absolute atomic E-state index is 0.134. The zero-order valence-electron chi connectivity index (χ0n) is 15.7. The van der Waals surface area contributed by atoms with Crippen LogP contribution in [0.5, 0.6) is 0 Å². The molecule has 1 saturated heterocycles. The van der Waals surface area contributed by atoms with Crippen LogP contribution >= 0.6 is 0 Å². The molecule has 4 heterocycles. The minimum atomic E-state index is -4.45. The molecule has 7 nitrogen and oxygen atoms in total. The van der Waals surface area contributed by atoms with Crippen molar-refractivity contribution in [3.05, 3.63) is 60.1 Å².